The lowest BCUT2D eigenvalue weighted by Crippen LogP contribution is -2.53. The molecular formula is C34H43N3O4. The molecular weight excluding hydrogens is 514 g/mol. The molecule has 1 unspecified atom stereocenters. The molecule has 6 rings (SSSR count). The van der Waals surface area contributed by atoms with Gasteiger partial charge in [-0.3, -0.25) is 14.4 Å². The number of hydrogen-bond donors (Lipinski definition) is 1. The molecule has 7 nitrogen and oxygen atoms in total. The van der Waals surface area contributed by atoms with Gasteiger partial charge in [0, 0.05) is 50.3 Å². The Balaban J connectivity index is 1.28. The maximum atomic E-state index is 14.2. The fourth-order valence-corrected chi connectivity index (χ4v) is 7.78. The van der Waals surface area contributed by atoms with Crippen molar-refractivity contribution in [2.24, 2.45) is 11.3 Å². The van der Waals surface area contributed by atoms with E-state index in [1.807, 2.05) is 17.0 Å². The normalized spacial score (nSPS) is 22.7. The van der Waals surface area contributed by atoms with Crippen molar-refractivity contribution in [3.63, 3.8) is 0 Å². The highest BCUT2D eigenvalue weighted by Crippen LogP contribution is 2.53. The zero-order valence-electron chi connectivity index (χ0n) is 24.5. The summed E-state index contributed by atoms with van der Waals surface area (Å²) in [4.78, 5) is 44.3. The van der Waals surface area contributed by atoms with Crippen LogP contribution in [-0.4, -0.2) is 68.3 Å². The third-order valence-corrected chi connectivity index (χ3v) is 10.2. The molecule has 1 atom stereocenters. The van der Waals surface area contributed by atoms with Crippen LogP contribution in [-0.2, 0) is 27.2 Å². The fraction of sp³-hybridized carbons (Fsp3) is 0.559. The molecule has 1 spiro atoms. The van der Waals surface area contributed by atoms with Crippen molar-refractivity contribution in [1.82, 2.24) is 10.2 Å². The number of ether oxygens (including phenoxy) is 1. The minimum atomic E-state index is -0.584. The van der Waals surface area contributed by atoms with Crippen LogP contribution in [0.1, 0.15) is 78.5 Å². The number of nitrogens with zero attached hydrogens (tertiary/aromatic N) is 2. The lowest BCUT2D eigenvalue weighted by molar-refractivity contribution is -0.151. The lowest BCUT2D eigenvalue weighted by Gasteiger charge is -2.51. The largest absolute Gasteiger partial charge is 0.381 e. The van der Waals surface area contributed by atoms with Gasteiger partial charge in [-0.1, -0.05) is 36.4 Å². The predicted octanol–water partition coefficient (Wildman–Crippen LogP) is 4.52. The molecule has 218 valence electrons. The van der Waals surface area contributed by atoms with Gasteiger partial charge in [-0.15, -0.1) is 0 Å². The number of amides is 1. The van der Waals surface area contributed by atoms with Crippen LogP contribution in [0.5, 0.6) is 0 Å². The third kappa shape index (κ3) is 5.59. The number of carbonyl (C=O) groups excluding carboxylic acids is 3. The van der Waals surface area contributed by atoms with Crippen molar-refractivity contribution in [3.8, 4) is 0 Å². The van der Waals surface area contributed by atoms with Crippen LogP contribution in [0.2, 0.25) is 0 Å². The summed E-state index contributed by atoms with van der Waals surface area (Å²) in [5, 5.41) is 3.45. The van der Waals surface area contributed by atoms with Gasteiger partial charge in [0.2, 0.25) is 5.91 Å². The Morgan fingerprint density at radius 2 is 1.68 bits per heavy atom. The van der Waals surface area contributed by atoms with Crippen molar-refractivity contribution in [1.29, 1.82) is 0 Å². The molecule has 3 aliphatic heterocycles. The van der Waals surface area contributed by atoms with Gasteiger partial charge in [-0.25, -0.2) is 0 Å². The quantitative estimate of drug-likeness (QED) is 0.505. The van der Waals surface area contributed by atoms with Gasteiger partial charge < -0.3 is 19.9 Å². The molecule has 4 aliphatic rings. The highest BCUT2D eigenvalue weighted by molar-refractivity contribution is 5.95. The van der Waals surface area contributed by atoms with Gasteiger partial charge in [-0.2, -0.15) is 0 Å². The molecule has 2 aromatic rings. The molecule has 3 heterocycles. The molecule has 7 heteroatoms. The first-order chi connectivity index (χ1) is 19.9. The summed E-state index contributed by atoms with van der Waals surface area (Å²) in [6, 6.07) is 13.0. The average Bonchev–Trinajstić information content (AvgIpc) is 2.99. The van der Waals surface area contributed by atoms with Crippen LogP contribution in [0.25, 0.3) is 0 Å². The molecule has 1 amide bonds. The first-order valence-electron chi connectivity index (χ1n) is 15.4. The number of ketones is 2. The third-order valence-electron chi connectivity index (χ3n) is 10.2. The predicted molar refractivity (Wildman–Crippen MR) is 159 cm³/mol. The highest BCUT2D eigenvalue weighted by Gasteiger charge is 2.50. The first kappa shape index (κ1) is 28.1. The molecule has 3 fully saturated rings. The topological polar surface area (TPSA) is 79.0 Å². The number of fused-ring (bicyclic) bond motifs is 1. The first-order valence-corrected chi connectivity index (χ1v) is 15.4. The van der Waals surface area contributed by atoms with E-state index in [1.165, 1.54) is 11.3 Å². The van der Waals surface area contributed by atoms with Gasteiger partial charge in [0.25, 0.3) is 0 Å². The van der Waals surface area contributed by atoms with Crippen LogP contribution in [0.15, 0.2) is 42.5 Å². The van der Waals surface area contributed by atoms with E-state index in [0.717, 1.165) is 82.3 Å². The second-order valence-corrected chi connectivity index (χ2v) is 12.7. The number of hydrogen-bond acceptors (Lipinski definition) is 6. The Hall–Kier alpha value is -3.03. The minimum absolute atomic E-state index is 0.00920. The Bertz CT molecular complexity index is 1280. The number of anilines is 1. The number of benzene rings is 2. The maximum absolute atomic E-state index is 14.2. The molecule has 0 radical (unpaired) electrons. The van der Waals surface area contributed by atoms with Crippen molar-refractivity contribution in [3.05, 3.63) is 64.7 Å². The summed E-state index contributed by atoms with van der Waals surface area (Å²) < 4.78 is 5.60. The zero-order chi connectivity index (χ0) is 28.6. The highest BCUT2D eigenvalue weighted by atomic mass is 16.5. The molecule has 0 aromatic heterocycles. The number of nitrogens with one attached hydrogen (secondary N) is 1. The van der Waals surface area contributed by atoms with Crippen molar-refractivity contribution >= 4 is 23.2 Å². The van der Waals surface area contributed by atoms with E-state index in [4.69, 9.17) is 4.74 Å². The van der Waals surface area contributed by atoms with Gasteiger partial charge in [0.15, 0.2) is 11.6 Å². The van der Waals surface area contributed by atoms with E-state index in [0.29, 0.717) is 23.6 Å². The lowest BCUT2D eigenvalue weighted by atomic mass is 9.57. The van der Waals surface area contributed by atoms with Crippen LogP contribution in [0.3, 0.4) is 0 Å². The number of methoxy groups -OCH3 is 1. The number of rotatable bonds is 7. The number of Topliss-reactive ketones (excluding diaryl/α,β-unsaturated/α-hetero) is 2. The van der Waals surface area contributed by atoms with E-state index in [9.17, 15) is 14.4 Å². The van der Waals surface area contributed by atoms with Crippen LogP contribution in [0, 0.1) is 11.3 Å². The standard InChI is InChI=1S/C34H43N3O4/c1-23(38)25-8-6-24(7-9-25)20-31(39)32-29-4-3-5-30(36-17-10-27(41-2)11-18-36)28(29)12-19-37(32)33(40)26-21-34(22-26)13-15-35-16-14-34/h3-9,26-27,32,35H,10-22H2,1-2H3. The fourth-order valence-electron chi connectivity index (χ4n) is 7.78. The van der Waals surface area contributed by atoms with Crippen LogP contribution >= 0.6 is 0 Å². The second kappa shape index (κ2) is 11.7. The summed E-state index contributed by atoms with van der Waals surface area (Å²) in [6.07, 6.45) is 7.44. The molecule has 41 heavy (non-hydrogen) atoms. The number of carbonyl (C=O) groups is 3. The summed E-state index contributed by atoms with van der Waals surface area (Å²) in [6.45, 7) is 6.04. The minimum Gasteiger partial charge on any atom is -0.381 e. The molecule has 1 N–H and O–H groups in total. The Morgan fingerprint density at radius 3 is 2.34 bits per heavy atom. The average molecular weight is 558 g/mol. The van der Waals surface area contributed by atoms with Crippen molar-refractivity contribution in [2.45, 2.75) is 70.4 Å². The summed E-state index contributed by atoms with van der Waals surface area (Å²) in [7, 11) is 1.79. The zero-order valence-corrected chi connectivity index (χ0v) is 24.5. The van der Waals surface area contributed by atoms with Crippen molar-refractivity contribution in [2.75, 3.05) is 44.7 Å². The van der Waals surface area contributed by atoms with Crippen LogP contribution in [0.4, 0.5) is 5.69 Å². The Labute approximate surface area is 243 Å². The van der Waals surface area contributed by atoms with E-state index in [1.54, 1.807) is 26.2 Å². The summed E-state index contributed by atoms with van der Waals surface area (Å²) in [5.74, 6) is 0.211. The Morgan fingerprint density at radius 1 is 0.976 bits per heavy atom. The summed E-state index contributed by atoms with van der Waals surface area (Å²) >= 11 is 0. The van der Waals surface area contributed by atoms with Crippen LogP contribution < -0.4 is 10.2 Å². The van der Waals surface area contributed by atoms with Crippen molar-refractivity contribution < 1.29 is 19.1 Å². The summed E-state index contributed by atoms with van der Waals surface area (Å²) in [5.41, 5.74) is 5.21. The monoisotopic (exact) mass is 557 g/mol. The van der Waals surface area contributed by atoms with E-state index < -0.39 is 6.04 Å². The molecule has 0 bridgehead atoms. The Kier molecular flexibility index (Phi) is 8.01. The molecule has 1 aliphatic carbocycles. The van der Waals surface area contributed by atoms with E-state index in [2.05, 4.69) is 28.4 Å². The van der Waals surface area contributed by atoms with E-state index >= 15 is 0 Å². The molecule has 2 saturated heterocycles. The number of piperidine rings is 2. The molecule has 1 saturated carbocycles. The van der Waals surface area contributed by atoms with Gasteiger partial charge in [-0.05, 0) is 93.1 Å². The van der Waals surface area contributed by atoms with Gasteiger partial charge in [0.1, 0.15) is 6.04 Å². The van der Waals surface area contributed by atoms with Gasteiger partial charge in [0.05, 0.1) is 6.10 Å². The smallest absolute Gasteiger partial charge is 0.226 e. The second-order valence-electron chi connectivity index (χ2n) is 12.7. The SMILES string of the molecule is COC1CCN(c2cccc3c2CCN(C(=O)C2CC4(CCNCC4)C2)C3C(=O)Cc2ccc(C(C)=O)cc2)CC1. The van der Waals surface area contributed by atoms with E-state index in [-0.39, 0.29) is 29.8 Å². The van der Waals surface area contributed by atoms with Gasteiger partial charge >= 0.3 is 0 Å². The molecule has 2 aromatic carbocycles. The maximum Gasteiger partial charge on any atom is 0.226 e.